The molecule has 2 N–H and O–H groups in total. The van der Waals surface area contributed by atoms with Crippen molar-refractivity contribution in [2.75, 3.05) is 5.73 Å². The first-order valence-corrected chi connectivity index (χ1v) is 4.03. The minimum absolute atomic E-state index is 0.494. The van der Waals surface area contributed by atoms with Crippen LogP contribution in [0.5, 0.6) is 0 Å². The molecular weight excluding hydrogens is 150 g/mol. The van der Waals surface area contributed by atoms with Crippen LogP contribution in [0.2, 0.25) is 0 Å². The molecule has 0 aromatic heterocycles. The van der Waals surface area contributed by atoms with Crippen molar-refractivity contribution in [3.8, 4) is 0 Å². The van der Waals surface area contributed by atoms with E-state index in [0.717, 1.165) is 24.1 Å². The predicted octanol–water partition coefficient (Wildman–Crippen LogP) is 1.70. The zero-order valence-electron chi connectivity index (χ0n) is 6.92. The Morgan fingerprint density at radius 2 is 2.08 bits per heavy atom. The van der Waals surface area contributed by atoms with Crippen LogP contribution in [0, 0.1) is 0 Å². The lowest BCUT2D eigenvalue weighted by atomic mass is 10.1. The van der Waals surface area contributed by atoms with Crippen LogP contribution < -0.4 is 5.73 Å². The molecule has 0 saturated carbocycles. The van der Waals surface area contributed by atoms with Gasteiger partial charge in [-0.3, -0.25) is 4.79 Å². The maximum Gasteiger partial charge on any atom is 0.198 e. The third kappa shape index (κ3) is 2.38. The van der Waals surface area contributed by atoms with Crippen LogP contribution in [0.25, 0.3) is 0 Å². The lowest BCUT2D eigenvalue weighted by Gasteiger charge is -2.02. The van der Waals surface area contributed by atoms with Crippen molar-refractivity contribution in [1.82, 2.24) is 0 Å². The van der Waals surface area contributed by atoms with Gasteiger partial charge in [0, 0.05) is 12.1 Å². The topological polar surface area (TPSA) is 43.1 Å². The number of unbranched alkanes of at least 4 members (excludes halogenated alkanes) is 1. The van der Waals surface area contributed by atoms with Crippen LogP contribution in [-0.2, 0) is 11.2 Å². The van der Waals surface area contributed by atoms with Gasteiger partial charge in [-0.1, -0.05) is 18.2 Å². The van der Waals surface area contributed by atoms with Crippen LogP contribution in [-0.4, -0.2) is 6.29 Å². The summed E-state index contributed by atoms with van der Waals surface area (Å²) >= 11 is 0. The molecule has 0 bridgehead atoms. The zero-order chi connectivity index (χ0) is 8.81. The van der Waals surface area contributed by atoms with Crippen molar-refractivity contribution in [3.63, 3.8) is 0 Å². The largest absolute Gasteiger partial charge is 0.399 e. The third-order valence-electron chi connectivity index (χ3n) is 1.78. The highest BCUT2D eigenvalue weighted by molar-refractivity contribution is 5.51. The Hall–Kier alpha value is -1.31. The van der Waals surface area contributed by atoms with Gasteiger partial charge in [-0.25, -0.2) is 0 Å². The molecule has 0 spiro atoms. The molecule has 0 aliphatic heterocycles. The number of para-hydroxylation sites is 1. The monoisotopic (exact) mass is 162 g/mol. The van der Waals surface area contributed by atoms with E-state index < -0.39 is 0 Å². The van der Waals surface area contributed by atoms with Crippen molar-refractivity contribution in [2.24, 2.45) is 0 Å². The minimum Gasteiger partial charge on any atom is -0.399 e. The van der Waals surface area contributed by atoms with Crippen molar-refractivity contribution in [2.45, 2.75) is 19.3 Å². The molecular formula is C10H12NO. The van der Waals surface area contributed by atoms with E-state index in [1.54, 1.807) is 0 Å². The van der Waals surface area contributed by atoms with Crippen LogP contribution >= 0.6 is 0 Å². The summed E-state index contributed by atoms with van der Waals surface area (Å²) in [6.07, 6.45) is 4.06. The number of benzene rings is 1. The Bertz CT molecular complexity index is 258. The fourth-order valence-corrected chi connectivity index (χ4v) is 1.11. The van der Waals surface area contributed by atoms with Crippen molar-refractivity contribution in [3.05, 3.63) is 29.8 Å². The summed E-state index contributed by atoms with van der Waals surface area (Å²) in [7, 11) is 0. The summed E-state index contributed by atoms with van der Waals surface area (Å²) in [6.45, 7) is 0. The number of rotatable bonds is 4. The number of hydrogen-bond acceptors (Lipinski definition) is 2. The minimum atomic E-state index is 0.494. The molecule has 2 nitrogen and oxygen atoms in total. The molecule has 0 fully saturated rings. The molecule has 2 heteroatoms. The summed E-state index contributed by atoms with van der Waals surface area (Å²) in [4.78, 5) is 9.92. The Morgan fingerprint density at radius 3 is 2.75 bits per heavy atom. The number of hydrogen-bond donors (Lipinski definition) is 1. The van der Waals surface area contributed by atoms with Gasteiger partial charge >= 0.3 is 0 Å². The first-order chi connectivity index (χ1) is 5.84. The van der Waals surface area contributed by atoms with Gasteiger partial charge in [-0.05, 0) is 24.5 Å². The molecule has 1 radical (unpaired) electrons. The molecule has 0 unspecified atom stereocenters. The van der Waals surface area contributed by atoms with Gasteiger partial charge < -0.3 is 5.73 Å². The van der Waals surface area contributed by atoms with Crippen LogP contribution in [0.15, 0.2) is 24.3 Å². The molecule has 0 amide bonds. The summed E-state index contributed by atoms with van der Waals surface area (Å²) < 4.78 is 0. The summed E-state index contributed by atoms with van der Waals surface area (Å²) in [5.74, 6) is 0. The second-order valence-electron chi connectivity index (χ2n) is 2.70. The van der Waals surface area contributed by atoms with Crippen molar-refractivity contribution >= 4 is 12.0 Å². The molecule has 1 aromatic rings. The molecule has 0 saturated heterocycles. The standard InChI is InChI=1S/C10H12NO/c11-10-7-2-1-5-9(10)6-3-4-8-12/h1-2,5,7H,3-4,6,11H2. The first kappa shape index (κ1) is 8.78. The van der Waals surface area contributed by atoms with Gasteiger partial charge in [0.25, 0.3) is 0 Å². The number of carbonyl (C=O) groups excluding carboxylic acids is 1. The van der Waals surface area contributed by atoms with E-state index in [1.165, 1.54) is 0 Å². The van der Waals surface area contributed by atoms with Gasteiger partial charge in [0.05, 0.1) is 0 Å². The van der Waals surface area contributed by atoms with Gasteiger partial charge in [0.1, 0.15) is 0 Å². The first-order valence-electron chi connectivity index (χ1n) is 4.03. The normalized spacial score (nSPS) is 9.67. The van der Waals surface area contributed by atoms with E-state index in [0.29, 0.717) is 6.42 Å². The molecule has 1 aromatic carbocycles. The Morgan fingerprint density at radius 1 is 1.33 bits per heavy atom. The van der Waals surface area contributed by atoms with Gasteiger partial charge in [-0.2, -0.15) is 0 Å². The van der Waals surface area contributed by atoms with E-state index in [2.05, 4.69) is 0 Å². The average molecular weight is 162 g/mol. The van der Waals surface area contributed by atoms with E-state index >= 15 is 0 Å². The summed E-state index contributed by atoms with van der Waals surface area (Å²) in [5.41, 5.74) is 7.63. The highest BCUT2D eigenvalue weighted by Crippen LogP contribution is 2.12. The van der Waals surface area contributed by atoms with E-state index in [9.17, 15) is 4.79 Å². The SMILES string of the molecule is Nc1ccccc1CCC[C]=O. The van der Waals surface area contributed by atoms with Gasteiger partial charge in [0.2, 0.25) is 0 Å². The Balaban J connectivity index is 2.51. The van der Waals surface area contributed by atoms with Crippen molar-refractivity contribution < 1.29 is 4.79 Å². The number of anilines is 1. The Labute approximate surface area is 72.4 Å². The van der Waals surface area contributed by atoms with E-state index in [-0.39, 0.29) is 0 Å². The van der Waals surface area contributed by atoms with E-state index in [1.807, 2.05) is 30.6 Å². The average Bonchev–Trinajstić information content (AvgIpc) is 2.09. The maximum atomic E-state index is 9.92. The molecule has 12 heavy (non-hydrogen) atoms. The third-order valence-corrected chi connectivity index (χ3v) is 1.78. The van der Waals surface area contributed by atoms with Crippen LogP contribution in [0.1, 0.15) is 18.4 Å². The molecule has 1 rings (SSSR count). The smallest absolute Gasteiger partial charge is 0.198 e. The van der Waals surface area contributed by atoms with E-state index in [4.69, 9.17) is 5.73 Å². The van der Waals surface area contributed by atoms with Gasteiger partial charge in [-0.15, -0.1) is 0 Å². The quantitative estimate of drug-likeness (QED) is 0.541. The fourth-order valence-electron chi connectivity index (χ4n) is 1.11. The number of aryl methyl sites for hydroxylation is 1. The number of nitrogens with two attached hydrogens (primary N) is 1. The molecule has 63 valence electrons. The second-order valence-corrected chi connectivity index (χ2v) is 2.70. The second kappa shape index (κ2) is 4.54. The molecule has 0 aliphatic rings. The lowest BCUT2D eigenvalue weighted by Crippen LogP contribution is -1.93. The summed E-state index contributed by atoms with van der Waals surface area (Å²) in [6, 6.07) is 7.72. The van der Waals surface area contributed by atoms with Crippen molar-refractivity contribution in [1.29, 1.82) is 0 Å². The maximum absolute atomic E-state index is 9.92. The van der Waals surface area contributed by atoms with Gasteiger partial charge in [0.15, 0.2) is 6.29 Å². The zero-order valence-corrected chi connectivity index (χ0v) is 6.92. The summed E-state index contributed by atoms with van der Waals surface area (Å²) in [5, 5.41) is 0. The highest BCUT2D eigenvalue weighted by atomic mass is 16.1. The predicted molar refractivity (Wildman–Crippen MR) is 49.5 cm³/mol. The molecule has 0 aliphatic carbocycles. The van der Waals surface area contributed by atoms with Crippen LogP contribution in [0.3, 0.4) is 0 Å². The Kier molecular flexibility index (Phi) is 3.33. The molecule has 0 heterocycles. The molecule has 0 atom stereocenters. The number of nitrogen functional groups attached to an aromatic ring is 1. The lowest BCUT2D eigenvalue weighted by molar-refractivity contribution is 0.548. The fraction of sp³-hybridized carbons (Fsp3) is 0.300. The van der Waals surface area contributed by atoms with Crippen LogP contribution in [0.4, 0.5) is 5.69 Å². The highest BCUT2D eigenvalue weighted by Gasteiger charge is 1.96.